The maximum absolute atomic E-state index is 13.7. The third kappa shape index (κ3) is 8.31. The molecule has 2 aromatic carbocycles. The van der Waals surface area contributed by atoms with Crippen molar-refractivity contribution in [3.8, 4) is 0 Å². The topological polar surface area (TPSA) is 130 Å². The van der Waals surface area contributed by atoms with Gasteiger partial charge in [-0.05, 0) is 42.5 Å². The fraction of sp³-hybridized carbons (Fsp3) is 0.440. The Morgan fingerprint density at radius 1 is 1.11 bits per heavy atom. The minimum Gasteiger partial charge on any atom is -0.354 e. The van der Waals surface area contributed by atoms with Crippen molar-refractivity contribution in [2.75, 3.05) is 23.7 Å². The quantitative estimate of drug-likeness (QED) is 0.286. The van der Waals surface area contributed by atoms with Crippen LogP contribution in [0.4, 0.5) is 11.4 Å². The van der Waals surface area contributed by atoms with Crippen LogP contribution < -0.4 is 9.62 Å². The minimum absolute atomic E-state index is 0.00171. The molecule has 0 fully saturated rings. The Labute approximate surface area is 233 Å². The molecule has 0 aliphatic heterocycles. The zero-order valence-corrected chi connectivity index (χ0v) is 24.2. The molecule has 0 aromatic heterocycles. The van der Waals surface area contributed by atoms with Crippen molar-refractivity contribution >= 4 is 56.4 Å². The lowest BCUT2D eigenvalue weighted by Gasteiger charge is -2.33. The van der Waals surface area contributed by atoms with Crippen LogP contribution in [0.25, 0.3) is 0 Å². The van der Waals surface area contributed by atoms with Crippen LogP contribution >= 0.6 is 23.2 Å². The maximum Gasteiger partial charge on any atom is 0.271 e. The van der Waals surface area contributed by atoms with E-state index in [1.165, 1.54) is 17.0 Å². The summed E-state index contributed by atoms with van der Waals surface area (Å²) in [6.45, 7) is 6.88. The van der Waals surface area contributed by atoms with Crippen molar-refractivity contribution in [3.63, 3.8) is 0 Å². The Morgan fingerprint density at radius 3 is 2.29 bits per heavy atom. The lowest BCUT2D eigenvalue weighted by molar-refractivity contribution is -0.384. The number of hydrogen-bond acceptors (Lipinski definition) is 6. The largest absolute Gasteiger partial charge is 0.354 e. The highest BCUT2D eigenvalue weighted by Crippen LogP contribution is 2.28. The number of sulfonamides is 1. The van der Waals surface area contributed by atoms with Gasteiger partial charge in [-0.15, -0.1) is 0 Å². The summed E-state index contributed by atoms with van der Waals surface area (Å²) in [5.41, 5.74) is 0.688. The molecule has 0 unspecified atom stereocenters. The number of nitro groups is 1. The minimum atomic E-state index is -4.05. The smallest absolute Gasteiger partial charge is 0.271 e. The third-order valence-electron chi connectivity index (χ3n) is 5.76. The lowest BCUT2D eigenvalue weighted by Crippen LogP contribution is -2.52. The number of carbonyl (C=O) groups excluding carboxylic acids is 2. The standard InChI is InChI=1S/C25H32Cl2N4O6S/c1-6-22(25(33)28-13-16(2)3)29(14-18-8-10-20(26)21(27)11-18)24(32)15-30(38(5,36)37)23-12-19(31(34)35)9-7-17(23)4/h7-12,16,22H,6,13-15H2,1-5H3,(H,28,33)/t22-/m0/s1. The predicted molar refractivity (Wildman–Crippen MR) is 149 cm³/mol. The summed E-state index contributed by atoms with van der Waals surface area (Å²) in [4.78, 5) is 38.8. The number of hydrogen-bond donors (Lipinski definition) is 1. The number of nitrogens with one attached hydrogen (secondary N) is 1. The SMILES string of the molecule is CC[C@@H](C(=O)NCC(C)C)N(Cc1ccc(Cl)c(Cl)c1)C(=O)CN(c1cc([N+](=O)[O-])ccc1C)S(C)(=O)=O. The number of amides is 2. The summed E-state index contributed by atoms with van der Waals surface area (Å²) >= 11 is 12.2. The zero-order chi connectivity index (χ0) is 28.8. The van der Waals surface area contributed by atoms with Gasteiger partial charge in [-0.1, -0.05) is 56.1 Å². The normalized spacial score (nSPS) is 12.2. The second kappa shape index (κ2) is 13.3. The highest BCUT2D eigenvalue weighted by atomic mass is 35.5. The number of non-ortho nitro benzene ring substituents is 1. The van der Waals surface area contributed by atoms with Gasteiger partial charge in [0.1, 0.15) is 12.6 Å². The molecule has 0 bridgehead atoms. The molecule has 0 saturated carbocycles. The average molecular weight is 588 g/mol. The second-order valence-electron chi connectivity index (χ2n) is 9.33. The van der Waals surface area contributed by atoms with Crippen LogP contribution in [0, 0.1) is 23.0 Å². The number of rotatable bonds is 12. The van der Waals surface area contributed by atoms with Crippen LogP contribution in [0.15, 0.2) is 36.4 Å². The summed E-state index contributed by atoms with van der Waals surface area (Å²) < 4.78 is 26.4. The lowest BCUT2D eigenvalue weighted by atomic mass is 10.1. The maximum atomic E-state index is 13.7. The summed E-state index contributed by atoms with van der Waals surface area (Å²) in [5, 5.41) is 14.7. The van der Waals surface area contributed by atoms with Crippen LogP contribution in [-0.4, -0.2) is 55.4 Å². The molecule has 38 heavy (non-hydrogen) atoms. The molecule has 208 valence electrons. The van der Waals surface area contributed by atoms with Gasteiger partial charge < -0.3 is 10.2 Å². The van der Waals surface area contributed by atoms with E-state index in [2.05, 4.69) is 5.32 Å². The van der Waals surface area contributed by atoms with Gasteiger partial charge in [0.25, 0.3) is 5.69 Å². The van der Waals surface area contributed by atoms with E-state index in [0.717, 1.165) is 16.6 Å². The molecule has 0 aliphatic rings. The van der Waals surface area contributed by atoms with E-state index in [1.54, 1.807) is 32.0 Å². The van der Waals surface area contributed by atoms with E-state index >= 15 is 0 Å². The highest BCUT2D eigenvalue weighted by Gasteiger charge is 2.32. The van der Waals surface area contributed by atoms with Crippen LogP contribution in [0.2, 0.25) is 10.0 Å². The van der Waals surface area contributed by atoms with Crippen LogP contribution in [-0.2, 0) is 26.2 Å². The third-order valence-corrected chi connectivity index (χ3v) is 7.62. The van der Waals surface area contributed by atoms with Gasteiger partial charge in [0, 0.05) is 25.2 Å². The van der Waals surface area contributed by atoms with Crippen molar-refractivity contribution in [3.05, 3.63) is 67.7 Å². The van der Waals surface area contributed by atoms with Crippen molar-refractivity contribution in [2.24, 2.45) is 5.92 Å². The molecule has 0 heterocycles. The summed E-state index contributed by atoms with van der Waals surface area (Å²) in [6, 6.07) is 7.66. The first-order valence-corrected chi connectivity index (χ1v) is 14.5. The highest BCUT2D eigenvalue weighted by molar-refractivity contribution is 7.92. The van der Waals surface area contributed by atoms with Gasteiger partial charge in [-0.25, -0.2) is 8.42 Å². The number of carbonyl (C=O) groups is 2. The van der Waals surface area contributed by atoms with E-state index in [4.69, 9.17) is 23.2 Å². The Kier molecular flexibility index (Phi) is 10.9. The molecule has 13 heteroatoms. The van der Waals surface area contributed by atoms with Crippen LogP contribution in [0.5, 0.6) is 0 Å². The van der Waals surface area contributed by atoms with Crippen molar-refractivity contribution in [1.82, 2.24) is 10.2 Å². The average Bonchev–Trinajstić information content (AvgIpc) is 2.82. The Hall–Kier alpha value is -2.89. The fourth-order valence-electron chi connectivity index (χ4n) is 3.75. The van der Waals surface area contributed by atoms with Gasteiger partial charge in [0.15, 0.2) is 0 Å². The van der Waals surface area contributed by atoms with Crippen molar-refractivity contribution in [1.29, 1.82) is 0 Å². The second-order valence-corrected chi connectivity index (χ2v) is 12.1. The first-order chi connectivity index (χ1) is 17.6. The molecule has 1 N–H and O–H groups in total. The number of aryl methyl sites for hydroxylation is 1. The van der Waals surface area contributed by atoms with Gasteiger partial charge in [-0.2, -0.15) is 0 Å². The molecular weight excluding hydrogens is 555 g/mol. The zero-order valence-electron chi connectivity index (χ0n) is 21.9. The Bertz CT molecular complexity index is 1300. The van der Waals surface area contributed by atoms with E-state index < -0.39 is 33.4 Å². The van der Waals surface area contributed by atoms with Crippen molar-refractivity contribution < 1.29 is 22.9 Å². The van der Waals surface area contributed by atoms with Gasteiger partial charge in [0.05, 0.1) is 26.9 Å². The van der Waals surface area contributed by atoms with E-state index in [0.29, 0.717) is 22.7 Å². The monoisotopic (exact) mass is 586 g/mol. The Morgan fingerprint density at radius 2 is 1.76 bits per heavy atom. The molecule has 0 saturated heterocycles. The van der Waals surface area contributed by atoms with E-state index in [9.17, 15) is 28.1 Å². The number of anilines is 1. The van der Waals surface area contributed by atoms with Crippen molar-refractivity contribution in [2.45, 2.75) is 46.7 Å². The van der Waals surface area contributed by atoms with E-state index in [1.807, 2.05) is 13.8 Å². The number of halogens is 2. The summed E-state index contributed by atoms with van der Waals surface area (Å²) in [7, 11) is -4.05. The number of nitrogens with zero attached hydrogens (tertiary/aromatic N) is 3. The summed E-state index contributed by atoms with van der Waals surface area (Å²) in [5.74, 6) is -0.876. The Balaban J connectivity index is 2.53. The van der Waals surface area contributed by atoms with Gasteiger partial charge in [0.2, 0.25) is 21.8 Å². The first kappa shape index (κ1) is 31.3. The molecule has 0 spiro atoms. The van der Waals surface area contributed by atoms with Crippen LogP contribution in [0.3, 0.4) is 0 Å². The first-order valence-electron chi connectivity index (χ1n) is 11.9. The summed E-state index contributed by atoms with van der Waals surface area (Å²) in [6.07, 6.45) is 1.17. The molecule has 1 atom stereocenters. The molecule has 2 aromatic rings. The molecular formula is C25H32Cl2N4O6S. The number of benzene rings is 2. The molecule has 2 amide bonds. The fourth-order valence-corrected chi connectivity index (χ4v) is 4.97. The van der Waals surface area contributed by atoms with Gasteiger partial charge in [-0.3, -0.25) is 24.0 Å². The molecule has 2 rings (SSSR count). The predicted octanol–water partition coefficient (Wildman–Crippen LogP) is 4.56. The molecule has 0 aliphatic carbocycles. The van der Waals surface area contributed by atoms with E-state index in [-0.39, 0.29) is 41.2 Å². The van der Waals surface area contributed by atoms with Gasteiger partial charge >= 0.3 is 0 Å². The molecule has 10 nitrogen and oxygen atoms in total. The molecule has 0 radical (unpaired) electrons. The van der Waals surface area contributed by atoms with Crippen LogP contribution in [0.1, 0.15) is 38.3 Å². The number of nitro benzene ring substituents is 1.